The lowest BCUT2D eigenvalue weighted by atomic mass is 10.1. The highest BCUT2D eigenvalue weighted by Gasteiger charge is 2.18. The molecule has 0 aliphatic carbocycles. The molecule has 2 N–H and O–H groups in total. The van der Waals surface area contributed by atoms with Crippen LogP contribution in [0.2, 0.25) is 0 Å². The van der Waals surface area contributed by atoms with Crippen molar-refractivity contribution in [2.24, 2.45) is 0 Å². The molecule has 0 fully saturated rings. The molecule has 0 aliphatic heterocycles. The van der Waals surface area contributed by atoms with Crippen molar-refractivity contribution >= 4 is 23.2 Å². The van der Waals surface area contributed by atoms with Gasteiger partial charge in [0.1, 0.15) is 0 Å². The van der Waals surface area contributed by atoms with E-state index >= 15 is 0 Å². The van der Waals surface area contributed by atoms with Gasteiger partial charge >= 0.3 is 5.69 Å². The summed E-state index contributed by atoms with van der Waals surface area (Å²) in [5, 5.41) is 16.6. The van der Waals surface area contributed by atoms with Gasteiger partial charge in [-0.1, -0.05) is 54.6 Å². The van der Waals surface area contributed by atoms with E-state index in [0.29, 0.717) is 11.3 Å². The second-order valence-electron chi connectivity index (χ2n) is 6.71. The molecule has 1 atom stereocenters. The molecule has 0 aliphatic rings. The van der Waals surface area contributed by atoms with Crippen LogP contribution in [0.4, 0.5) is 11.4 Å². The number of benzene rings is 3. The molecule has 0 saturated heterocycles. The lowest BCUT2D eigenvalue weighted by Crippen LogP contribution is -2.28. The summed E-state index contributed by atoms with van der Waals surface area (Å²) < 4.78 is 5.30. The molecule has 3 aromatic carbocycles. The molecule has 0 bridgehead atoms. The Hall–Kier alpha value is -4.20. The third-order valence-electron chi connectivity index (χ3n) is 4.51. The van der Waals surface area contributed by atoms with Gasteiger partial charge in [0.25, 0.3) is 11.8 Å². The molecule has 158 valence electrons. The maximum absolute atomic E-state index is 12.8. The van der Waals surface area contributed by atoms with Crippen LogP contribution in [0.5, 0.6) is 5.75 Å². The van der Waals surface area contributed by atoms with Gasteiger partial charge in [0, 0.05) is 6.07 Å². The monoisotopic (exact) mass is 419 g/mol. The van der Waals surface area contributed by atoms with E-state index in [0.717, 1.165) is 5.56 Å². The predicted molar refractivity (Wildman–Crippen MR) is 116 cm³/mol. The Morgan fingerprint density at radius 3 is 2.35 bits per heavy atom. The minimum atomic E-state index is -0.583. The molecule has 0 heterocycles. The molecule has 8 heteroatoms. The third kappa shape index (κ3) is 5.66. The first-order valence-corrected chi connectivity index (χ1v) is 9.56. The standard InChI is InChI=1S/C23H21N3O5/c1-16(17-9-3-2-4-10-17)24-23(28)18-11-5-6-12-19(18)25-22(27)15-31-21-14-8-7-13-20(21)26(29)30/h2-14,16H,15H2,1H3,(H,24,28)(H,25,27)/t16-/m0/s1. The Kier molecular flexibility index (Phi) is 6.95. The van der Waals surface area contributed by atoms with Crippen molar-refractivity contribution < 1.29 is 19.2 Å². The average Bonchev–Trinajstić information content (AvgIpc) is 2.78. The van der Waals surface area contributed by atoms with E-state index in [-0.39, 0.29) is 23.4 Å². The van der Waals surface area contributed by atoms with Gasteiger partial charge in [0.2, 0.25) is 0 Å². The number of amides is 2. The van der Waals surface area contributed by atoms with Crippen LogP contribution in [0.25, 0.3) is 0 Å². The average molecular weight is 419 g/mol. The summed E-state index contributed by atoms with van der Waals surface area (Å²) in [7, 11) is 0. The molecular formula is C23H21N3O5. The zero-order valence-electron chi connectivity index (χ0n) is 16.8. The number of rotatable bonds is 8. The maximum atomic E-state index is 12.8. The summed E-state index contributed by atoms with van der Waals surface area (Å²) in [6.07, 6.45) is 0. The van der Waals surface area contributed by atoms with Crippen LogP contribution in [0, 0.1) is 10.1 Å². The van der Waals surface area contributed by atoms with Gasteiger partial charge in [-0.2, -0.15) is 0 Å². The number of hydrogen-bond donors (Lipinski definition) is 2. The van der Waals surface area contributed by atoms with Crippen molar-refractivity contribution in [1.29, 1.82) is 0 Å². The number of carbonyl (C=O) groups is 2. The Morgan fingerprint density at radius 2 is 1.61 bits per heavy atom. The summed E-state index contributed by atoms with van der Waals surface area (Å²) in [6, 6.07) is 21.7. The molecule has 31 heavy (non-hydrogen) atoms. The highest BCUT2D eigenvalue weighted by Crippen LogP contribution is 2.26. The smallest absolute Gasteiger partial charge is 0.310 e. The van der Waals surface area contributed by atoms with Crippen LogP contribution in [0.15, 0.2) is 78.9 Å². The Morgan fingerprint density at radius 1 is 0.968 bits per heavy atom. The van der Waals surface area contributed by atoms with Crippen LogP contribution in [-0.4, -0.2) is 23.3 Å². The summed E-state index contributed by atoms with van der Waals surface area (Å²) >= 11 is 0. The number of nitrogens with zero attached hydrogens (tertiary/aromatic N) is 1. The number of ether oxygens (including phenoxy) is 1. The molecule has 0 aromatic heterocycles. The Balaban J connectivity index is 1.65. The zero-order chi connectivity index (χ0) is 22.2. The second-order valence-corrected chi connectivity index (χ2v) is 6.71. The quantitative estimate of drug-likeness (QED) is 0.422. The highest BCUT2D eigenvalue weighted by molar-refractivity contribution is 6.04. The van der Waals surface area contributed by atoms with Gasteiger partial charge in [-0.3, -0.25) is 19.7 Å². The highest BCUT2D eigenvalue weighted by atomic mass is 16.6. The van der Waals surface area contributed by atoms with Crippen LogP contribution in [0.3, 0.4) is 0 Å². The predicted octanol–water partition coefficient (Wildman–Crippen LogP) is 4.10. The van der Waals surface area contributed by atoms with E-state index in [2.05, 4.69) is 10.6 Å². The minimum absolute atomic E-state index is 0.00892. The molecule has 0 unspecified atom stereocenters. The fourth-order valence-electron chi connectivity index (χ4n) is 2.95. The maximum Gasteiger partial charge on any atom is 0.310 e. The van der Waals surface area contributed by atoms with Crippen LogP contribution < -0.4 is 15.4 Å². The number of nitro groups is 1. The molecule has 0 spiro atoms. The molecular weight excluding hydrogens is 398 g/mol. The third-order valence-corrected chi connectivity index (χ3v) is 4.51. The largest absolute Gasteiger partial charge is 0.477 e. The first kappa shape index (κ1) is 21.5. The van der Waals surface area contributed by atoms with Crippen molar-refractivity contribution in [2.75, 3.05) is 11.9 Å². The lowest BCUT2D eigenvalue weighted by Gasteiger charge is -2.16. The Bertz CT molecular complexity index is 1090. The molecule has 0 radical (unpaired) electrons. The van der Waals surface area contributed by atoms with Gasteiger partial charge in [-0.15, -0.1) is 0 Å². The second kappa shape index (κ2) is 10.0. The number of nitrogens with one attached hydrogen (secondary N) is 2. The van der Waals surface area contributed by atoms with E-state index in [1.165, 1.54) is 18.2 Å². The first-order valence-electron chi connectivity index (χ1n) is 9.56. The minimum Gasteiger partial charge on any atom is -0.477 e. The number of hydrogen-bond acceptors (Lipinski definition) is 5. The topological polar surface area (TPSA) is 111 Å². The molecule has 8 nitrogen and oxygen atoms in total. The normalized spacial score (nSPS) is 11.3. The number of carbonyl (C=O) groups excluding carboxylic acids is 2. The van der Waals surface area contributed by atoms with Crippen LogP contribution in [0.1, 0.15) is 28.9 Å². The van der Waals surface area contributed by atoms with Gasteiger partial charge in [-0.25, -0.2) is 0 Å². The van der Waals surface area contributed by atoms with E-state index in [9.17, 15) is 19.7 Å². The number of para-hydroxylation sites is 3. The summed E-state index contributed by atoms with van der Waals surface area (Å²) in [5.74, 6) is -0.897. The summed E-state index contributed by atoms with van der Waals surface area (Å²) in [6.45, 7) is 1.43. The van der Waals surface area contributed by atoms with Crippen LogP contribution >= 0.6 is 0 Å². The van der Waals surface area contributed by atoms with Crippen molar-refractivity contribution in [3.8, 4) is 5.75 Å². The van der Waals surface area contributed by atoms with Gasteiger partial charge in [0.15, 0.2) is 12.4 Å². The van der Waals surface area contributed by atoms with E-state index in [1.54, 1.807) is 30.3 Å². The Labute approximate surface area is 179 Å². The van der Waals surface area contributed by atoms with E-state index in [1.807, 2.05) is 37.3 Å². The SMILES string of the molecule is C[C@H](NC(=O)c1ccccc1NC(=O)COc1ccccc1[N+](=O)[O-])c1ccccc1. The fourth-order valence-corrected chi connectivity index (χ4v) is 2.95. The summed E-state index contributed by atoms with van der Waals surface area (Å²) in [4.78, 5) is 35.6. The number of nitro benzene ring substituents is 1. The van der Waals surface area contributed by atoms with Crippen molar-refractivity contribution in [3.05, 3.63) is 100 Å². The van der Waals surface area contributed by atoms with Crippen molar-refractivity contribution in [1.82, 2.24) is 5.32 Å². The zero-order valence-corrected chi connectivity index (χ0v) is 16.8. The molecule has 3 aromatic rings. The first-order chi connectivity index (χ1) is 15.0. The van der Waals surface area contributed by atoms with Crippen molar-refractivity contribution in [2.45, 2.75) is 13.0 Å². The van der Waals surface area contributed by atoms with Crippen LogP contribution in [-0.2, 0) is 4.79 Å². The van der Waals surface area contributed by atoms with Gasteiger partial charge < -0.3 is 15.4 Å². The molecule has 2 amide bonds. The van der Waals surface area contributed by atoms with Gasteiger partial charge in [-0.05, 0) is 30.7 Å². The van der Waals surface area contributed by atoms with Gasteiger partial charge in [0.05, 0.1) is 22.2 Å². The van der Waals surface area contributed by atoms with E-state index < -0.39 is 17.4 Å². The molecule has 0 saturated carbocycles. The number of anilines is 1. The van der Waals surface area contributed by atoms with Crippen molar-refractivity contribution in [3.63, 3.8) is 0 Å². The molecule has 3 rings (SSSR count). The fraction of sp³-hybridized carbons (Fsp3) is 0.130. The lowest BCUT2D eigenvalue weighted by molar-refractivity contribution is -0.385. The summed E-state index contributed by atoms with van der Waals surface area (Å²) in [5.41, 5.74) is 1.33. The van der Waals surface area contributed by atoms with E-state index in [4.69, 9.17) is 4.74 Å².